The smallest absolute Gasteiger partial charge is 0.261 e. The van der Waals surface area contributed by atoms with E-state index in [2.05, 4.69) is 15.6 Å². The lowest BCUT2D eigenvalue weighted by molar-refractivity contribution is -0.121. The van der Waals surface area contributed by atoms with Crippen molar-refractivity contribution in [2.75, 3.05) is 14.2 Å². The Morgan fingerprint density at radius 2 is 1.77 bits per heavy atom. The van der Waals surface area contributed by atoms with Crippen LogP contribution in [0.5, 0.6) is 17.2 Å². The first-order valence-electron chi connectivity index (χ1n) is 9.76. The average Bonchev–Trinajstić information content (AvgIpc) is 3.09. The quantitative estimate of drug-likeness (QED) is 0.423. The second-order valence-electron chi connectivity index (χ2n) is 6.91. The second kappa shape index (κ2) is 10.3. The van der Waals surface area contributed by atoms with E-state index in [1.807, 2.05) is 50.2 Å². The Balaban J connectivity index is 1.68. The number of hydrogen-bond donors (Lipinski definition) is 1. The fraction of sp³-hybridized carbons (Fsp3) is 0.261. The minimum atomic E-state index is -0.274. The summed E-state index contributed by atoms with van der Waals surface area (Å²) >= 11 is 0. The molecule has 0 spiro atoms. The number of nitrogens with zero attached hydrogens (tertiary/aromatic N) is 3. The van der Waals surface area contributed by atoms with Crippen LogP contribution in [-0.4, -0.2) is 36.1 Å². The SMILES string of the molecule is COc1cc(/C=N\NC(=O)Cn2nc(C)cc2C)cc(OC)c1OCc1ccccc1. The van der Waals surface area contributed by atoms with Gasteiger partial charge in [0.25, 0.3) is 5.91 Å². The van der Waals surface area contributed by atoms with E-state index in [4.69, 9.17) is 14.2 Å². The molecular formula is C23H26N4O4. The Morgan fingerprint density at radius 1 is 1.10 bits per heavy atom. The van der Waals surface area contributed by atoms with Gasteiger partial charge in [0.15, 0.2) is 11.5 Å². The highest BCUT2D eigenvalue weighted by atomic mass is 16.5. The van der Waals surface area contributed by atoms with Gasteiger partial charge in [0.2, 0.25) is 5.75 Å². The fourth-order valence-electron chi connectivity index (χ4n) is 3.03. The first kappa shape index (κ1) is 21.9. The predicted octanol–water partition coefficient (Wildman–Crippen LogP) is 3.25. The standard InChI is InChI=1S/C23H26N4O4/c1-16-10-17(2)27(26-16)14-22(28)25-24-13-19-11-20(29-3)23(21(12-19)30-4)31-15-18-8-6-5-7-9-18/h5-13H,14-15H2,1-4H3,(H,25,28)/b24-13-. The van der Waals surface area contributed by atoms with Gasteiger partial charge in [-0.2, -0.15) is 10.2 Å². The normalized spacial score (nSPS) is 10.8. The number of benzene rings is 2. The molecule has 1 heterocycles. The molecule has 31 heavy (non-hydrogen) atoms. The summed E-state index contributed by atoms with van der Waals surface area (Å²) in [6.07, 6.45) is 1.52. The van der Waals surface area contributed by atoms with Crippen LogP contribution in [0.4, 0.5) is 0 Å². The lowest BCUT2D eigenvalue weighted by Gasteiger charge is -2.15. The number of amides is 1. The van der Waals surface area contributed by atoms with Gasteiger partial charge in [-0.1, -0.05) is 30.3 Å². The van der Waals surface area contributed by atoms with Crippen LogP contribution in [0.1, 0.15) is 22.5 Å². The summed E-state index contributed by atoms with van der Waals surface area (Å²) in [6.45, 7) is 4.25. The van der Waals surface area contributed by atoms with E-state index in [9.17, 15) is 4.79 Å². The molecule has 1 N–H and O–H groups in total. The van der Waals surface area contributed by atoms with E-state index in [0.717, 1.165) is 17.0 Å². The molecule has 0 aliphatic rings. The zero-order chi connectivity index (χ0) is 22.2. The van der Waals surface area contributed by atoms with E-state index >= 15 is 0 Å². The summed E-state index contributed by atoms with van der Waals surface area (Å²) in [5, 5.41) is 8.30. The molecule has 162 valence electrons. The zero-order valence-electron chi connectivity index (χ0n) is 18.1. The van der Waals surface area contributed by atoms with Crippen LogP contribution < -0.4 is 19.6 Å². The topological polar surface area (TPSA) is 87.0 Å². The monoisotopic (exact) mass is 422 g/mol. The third kappa shape index (κ3) is 5.85. The lowest BCUT2D eigenvalue weighted by atomic mass is 10.2. The maximum atomic E-state index is 12.1. The summed E-state index contributed by atoms with van der Waals surface area (Å²) in [4.78, 5) is 12.1. The first-order chi connectivity index (χ1) is 15.0. The maximum absolute atomic E-state index is 12.1. The number of carbonyl (C=O) groups is 1. The summed E-state index contributed by atoms with van der Waals surface area (Å²) in [5.41, 5.74) is 6.00. The van der Waals surface area contributed by atoms with Crippen molar-refractivity contribution in [3.63, 3.8) is 0 Å². The molecule has 2 aromatic carbocycles. The maximum Gasteiger partial charge on any atom is 0.261 e. The Kier molecular flexibility index (Phi) is 7.26. The summed E-state index contributed by atoms with van der Waals surface area (Å²) in [7, 11) is 3.11. The Bertz CT molecular complexity index is 1040. The fourth-order valence-corrected chi connectivity index (χ4v) is 3.03. The van der Waals surface area contributed by atoms with Crippen LogP contribution in [0, 0.1) is 13.8 Å². The Hall–Kier alpha value is -3.81. The molecule has 0 atom stereocenters. The van der Waals surface area contributed by atoms with Crippen molar-refractivity contribution in [2.24, 2.45) is 5.10 Å². The zero-order valence-corrected chi connectivity index (χ0v) is 18.1. The molecule has 0 saturated carbocycles. The van der Waals surface area contributed by atoms with Crippen LogP contribution in [-0.2, 0) is 17.9 Å². The van der Waals surface area contributed by atoms with Crippen molar-refractivity contribution >= 4 is 12.1 Å². The number of hydrazone groups is 1. The molecule has 0 bridgehead atoms. The van der Waals surface area contributed by atoms with Gasteiger partial charge in [0, 0.05) is 11.3 Å². The number of rotatable bonds is 9. The number of carbonyl (C=O) groups excluding carboxylic acids is 1. The Morgan fingerprint density at radius 3 is 2.35 bits per heavy atom. The third-order valence-corrected chi connectivity index (χ3v) is 4.51. The van der Waals surface area contributed by atoms with Crippen molar-refractivity contribution in [3.8, 4) is 17.2 Å². The molecule has 0 unspecified atom stereocenters. The van der Waals surface area contributed by atoms with Crippen LogP contribution in [0.2, 0.25) is 0 Å². The van der Waals surface area contributed by atoms with Gasteiger partial charge in [-0.25, -0.2) is 5.43 Å². The van der Waals surface area contributed by atoms with Gasteiger partial charge in [-0.3, -0.25) is 9.48 Å². The van der Waals surface area contributed by atoms with Gasteiger partial charge < -0.3 is 14.2 Å². The van der Waals surface area contributed by atoms with Gasteiger partial charge in [0.05, 0.1) is 26.1 Å². The lowest BCUT2D eigenvalue weighted by Crippen LogP contribution is -2.24. The summed E-state index contributed by atoms with van der Waals surface area (Å²) in [6, 6.07) is 15.3. The van der Waals surface area contributed by atoms with Gasteiger partial charge in [0.1, 0.15) is 13.2 Å². The van der Waals surface area contributed by atoms with Crippen molar-refractivity contribution in [3.05, 3.63) is 71.0 Å². The van der Waals surface area contributed by atoms with E-state index in [-0.39, 0.29) is 12.5 Å². The number of ether oxygens (including phenoxy) is 3. The molecule has 8 nitrogen and oxygen atoms in total. The molecule has 8 heteroatoms. The number of nitrogens with one attached hydrogen (secondary N) is 1. The van der Waals surface area contributed by atoms with Gasteiger partial charge >= 0.3 is 0 Å². The van der Waals surface area contributed by atoms with Gasteiger partial charge in [-0.05, 0) is 37.6 Å². The second-order valence-corrected chi connectivity index (χ2v) is 6.91. The van der Waals surface area contributed by atoms with E-state index in [1.54, 1.807) is 31.0 Å². The number of methoxy groups -OCH3 is 2. The highest BCUT2D eigenvalue weighted by Gasteiger charge is 2.14. The van der Waals surface area contributed by atoms with E-state index in [1.165, 1.54) is 6.21 Å². The first-order valence-corrected chi connectivity index (χ1v) is 9.76. The summed E-state index contributed by atoms with van der Waals surface area (Å²) < 4.78 is 18.5. The summed E-state index contributed by atoms with van der Waals surface area (Å²) in [5.74, 6) is 1.24. The van der Waals surface area contributed by atoms with Gasteiger partial charge in [-0.15, -0.1) is 0 Å². The minimum Gasteiger partial charge on any atom is -0.493 e. The van der Waals surface area contributed by atoms with E-state index < -0.39 is 0 Å². The molecular weight excluding hydrogens is 396 g/mol. The average molecular weight is 422 g/mol. The van der Waals surface area contributed by atoms with Crippen LogP contribution in [0.15, 0.2) is 53.6 Å². The Labute approximate surface area is 181 Å². The largest absolute Gasteiger partial charge is 0.493 e. The highest BCUT2D eigenvalue weighted by molar-refractivity contribution is 5.84. The highest BCUT2D eigenvalue weighted by Crippen LogP contribution is 2.38. The number of aromatic nitrogens is 2. The number of hydrogen-bond acceptors (Lipinski definition) is 6. The van der Waals surface area contributed by atoms with Crippen molar-refractivity contribution in [2.45, 2.75) is 27.0 Å². The van der Waals surface area contributed by atoms with Crippen molar-refractivity contribution in [1.82, 2.24) is 15.2 Å². The molecule has 0 radical (unpaired) electrons. The molecule has 3 rings (SSSR count). The predicted molar refractivity (Wildman–Crippen MR) is 118 cm³/mol. The molecule has 0 aliphatic heterocycles. The molecule has 0 saturated heterocycles. The molecule has 0 aliphatic carbocycles. The van der Waals surface area contributed by atoms with Crippen molar-refractivity contribution < 1.29 is 19.0 Å². The van der Waals surface area contributed by atoms with Crippen LogP contribution in [0.3, 0.4) is 0 Å². The molecule has 3 aromatic rings. The van der Waals surface area contributed by atoms with E-state index in [0.29, 0.717) is 29.4 Å². The molecule has 0 fully saturated rings. The van der Waals surface area contributed by atoms with Crippen molar-refractivity contribution in [1.29, 1.82) is 0 Å². The minimum absolute atomic E-state index is 0.0932. The molecule has 1 amide bonds. The van der Waals surface area contributed by atoms with Crippen LogP contribution >= 0.6 is 0 Å². The molecule has 1 aromatic heterocycles. The number of aryl methyl sites for hydroxylation is 2. The third-order valence-electron chi connectivity index (χ3n) is 4.51. The van der Waals surface area contributed by atoms with Crippen LogP contribution in [0.25, 0.3) is 0 Å².